The Kier molecular flexibility index (Phi) is 5.00. The van der Waals surface area contributed by atoms with Gasteiger partial charge >= 0.3 is 0 Å². The van der Waals surface area contributed by atoms with E-state index in [1.165, 1.54) is 16.5 Å². The van der Waals surface area contributed by atoms with E-state index in [0.29, 0.717) is 13.2 Å². The Morgan fingerprint density at radius 2 is 1.84 bits per heavy atom. The Morgan fingerprint density at radius 3 is 2.53 bits per heavy atom. The number of aryl methyl sites for hydroxylation is 2. The average molecular weight is 261 g/mol. The molecule has 0 spiro atoms. The van der Waals surface area contributed by atoms with Gasteiger partial charge in [0, 0.05) is 37.9 Å². The average Bonchev–Trinajstić information content (AvgIpc) is 2.78. The van der Waals surface area contributed by atoms with E-state index in [4.69, 9.17) is 9.47 Å². The van der Waals surface area contributed by atoms with E-state index in [2.05, 4.69) is 42.0 Å². The van der Waals surface area contributed by atoms with Gasteiger partial charge in [0.1, 0.15) is 0 Å². The summed E-state index contributed by atoms with van der Waals surface area (Å²) in [5.41, 5.74) is 2.57. The van der Waals surface area contributed by atoms with Gasteiger partial charge in [-0.1, -0.05) is 11.6 Å². The number of benzene rings is 1. The Balaban J connectivity index is 2.04. The minimum Gasteiger partial charge on any atom is -0.353 e. The molecular formula is C16H23NO2. The third-order valence-corrected chi connectivity index (χ3v) is 3.24. The van der Waals surface area contributed by atoms with Gasteiger partial charge in [-0.05, 0) is 44.4 Å². The molecule has 0 N–H and O–H groups in total. The van der Waals surface area contributed by atoms with E-state index >= 15 is 0 Å². The van der Waals surface area contributed by atoms with Crippen LogP contribution >= 0.6 is 0 Å². The smallest absolute Gasteiger partial charge is 0.159 e. The third kappa shape index (κ3) is 3.58. The fraction of sp³-hybridized carbons (Fsp3) is 0.500. The minimum absolute atomic E-state index is 0.0992. The quantitative estimate of drug-likeness (QED) is 0.709. The standard InChI is InChI=1S/C16H23NO2/c1-4-18-16(19-5-2)9-11-17-10-8-14-12-13(3)6-7-15(14)17/h6-8,10,12,16H,4-5,9,11H2,1-3H3. The van der Waals surface area contributed by atoms with E-state index in [1.807, 2.05) is 13.8 Å². The first kappa shape index (κ1) is 14.1. The van der Waals surface area contributed by atoms with Gasteiger partial charge in [-0.25, -0.2) is 0 Å². The highest BCUT2D eigenvalue weighted by Gasteiger charge is 2.09. The maximum absolute atomic E-state index is 5.58. The summed E-state index contributed by atoms with van der Waals surface area (Å²) >= 11 is 0. The molecule has 19 heavy (non-hydrogen) atoms. The lowest BCUT2D eigenvalue weighted by molar-refractivity contribution is -0.140. The van der Waals surface area contributed by atoms with Gasteiger partial charge in [-0.3, -0.25) is 0 Å². The van der Waals surface area contributed by atoms with Crippen LogP contribution in [0.15, 0.2) is 30.5 Å². The molecule has 2 rings (SSSR count). The summed E-state index contributed by atoms with van der Waals surface area (Å²) < 4.78 is 13.4. The van der Waals surface area contributed by atoms with E-state index in [0.717, 1.165) is 13.0 Å². The van der Waals surface area contributed by atoms with Crippen LogP contribution in [0, 0.1) is 6.92 Å². The summed E-state index contributed by atoms with van der Waals surface area (Å²) in [6, 6.07) is 8.72. The second-order valence-electron chi connectivity index (χ2n) is 4.70. The molecule has 1 aromatic carbocycles. The highest BCUT2D eigenvalue weighted by molar-refractivity contribution is 5.80. The molecule has 0 unspecified atom stereocenters. The molecular weight excluding hydrogens is 238 g/mol. The number of nitrogens with zero attached hydrogens (tertiary/aromatic N) is 1. The zero-order valence-electron chi connectivity index (χ0n) is 12.1. The largest absolute Gasteiger partial charge is 0.353 e. The molecule has 104 valence electrons. The summed E-state index contributed by atoms with van der Waals surface area (Å²) in [6.45, 7) is 8.42. The lowest BCUT2D eigenvalue weighted by Gasteiger charge is -2.17. The SMILES string of the molecule is CCOC(CCn1ccc2cc(C)ccc21)OCC. The second kappa shape index (κ2) is 6.73. The molecule has 0 aliphatic heterocycles. The van der Waals surface area contributed by atoms with Crippen LogP contribution in [-0.4, -0.2) is 24.1 Å². The first-order valence-corrected chi connectivity index (χ1v) is 7.03. The van der Waals surface area contributed by atoms with Crippen molar-refractivity contribution in [1.82, 2.24) is 4.57 Å². The molecule has 0 saturated carbocycles. The highest BCUT2D eigenvalue weighted by atomic mass is 16.7. The lowest BCUT2D eigenvalue weighted by Crippen LogP contribution is -2.19. The van der Waals surface area contributed by atoms with E-state index < -0.39 is 0 Å². The van der Waals surface area contributed by atoms with Crippen molar-refractivity contribution in [1.29, 1.82) is 0 Å². The maximum atomic E-state index is 5.58. The molecule has 0 aliphatic rings. The first-order chi connectivity index (χ1) is 9.24. The third-order valence-electron chi connectivity index (χ3n) is 3.24. The number of hydrogen-bond acceptors (Lipinski definition) is 2. The molecule has 1 heterocycles. The summed E-state index contributed by atoms with van der Waals surface area (Å²) in [7, 11) is 0. The molecule has 0 bridgehead atoms. The van der Waals surface area contributed by atoms with Crippen molar-refractivity contribution in [3.8, 4) is 0 Å². The summed E-state index contributed by atoms with van der Waals surface area (Å²) in [5.74, 6) is 0. The van der Waals surface area contributed by atoms with Crippen LogP contribution in [0.2, 0.25) is 0 Å². The zero-order valence-corrected chi connectivity index (χ0v) is 12.1. The van der Waals surface area contributed by atoms with Crippen LogP contribution in [0.3, 0.4) is 0 Å². The van der Waals surface area contributed by atoms with E-state index in [1.54, 1.807) is 0 Å². The van der Waals surface area contributed by atoms with Gasteiger partial charge in [0.2, 0.25) is 0 Å². The van der Waals surface area contributed by atoms with Crippen LogP contribution < -0.4 is 0 Å². The van der Waals surface area contributed by atoms with Gasteiger partial charge in [0.25, 0.3) is 0 Å². The van der Waals surface area contributed by atoms with Gasteiger partial charge in [-0.15, -0.1) is 0 Å². The highest BCUT2D eigenvalue weighted by Crippen LogP contribution is 2.18. The molecule has 0 aliphatic carbocycles. The van der Waals surface area contributed by atoms with Gasteiger partial charge < -0.3 is 14.0 Å². The number of aromatic nitrogens is 1. The molecule has 1 aromatic heterocycles. The molecule has 2 aromatic rings. The monoisotopic (exact) mass is 261 g/mol. The normalized spacial score (nSPS) is 11.6. The fourth-order valence-corrected chi connectivity index (χ4v) is 2.35. The second-order valence-corrected chi connectivity index (χ2v) is 4.70. The van der Waals surface area contributed by atoms with Crippen LogP contribution in [0.25, 0.3) is 10.9 Å². The van der Waals surface area contributed by atoms with Crippen molar-refractivity contribution >= 4 is 10.9 Å². The summed E-state index contributed by atoms with van der Waals surface area (Å²) in [5, 5.41) is 1.30. The summed E-state index contributed by atoms with van der Waals surface area (Å²) in [6.07, 6.45) is 2.91. The van der Waals surface area contributed by atoms with E-state index in [-0.39, 0.29) is 6.29 Å². The van der Waals surface area contributed by atoms with Crippen LogP contribution in [0.4, 0.5) is 0 Å². The van der Waals surface area contributed by atoms with Crippen molar-refractivity contribution in [3.05, 3.63) is 36.0 Å². The number of rotatable bonds is 7. The van der Waals surface area contributed by atoms with Crippen LogP contribution in [0.1, 0.15) is 25.8 Å². The van der Waals surface area contributed by atoms with Crippen molar-refractivity contribution in [3.63, 3.8) is 0 Å². The minimum atomic E-state index is -0.0992. The molecule has 3 nitrogen and oxygen atoms in total. The summed E-state index contributed by atoms with van der Waals surface area (Å²) in [4.78, 5) is 0. The number of fused-ring (bicyclic) bond motifs is 1. The Labute approximate surface area is 115 Å². The van der Waals surface area contributed by atoms with Crippen molar-refractivity contribution < 1.29 is 9.47 Å². The molecule has 0 radical (unpaired) electrons. The molecule has 0 amide bonds. The van der Waals surface area contributed by atoms with Crippen molar-refractivity contribution in [2.75, 3.05) is 13.2 Å². The maximum Gasteiger partial charge on any atom is 0.159 e. The molecule has 3 heteroatoms. The topological polar surface area (TPSA) is 23.4 Å². The van der Waals surface area contributed by atoms with Gasteiger partial charge in [0.05, 0.1) is 0 Å². The van der Waals surface area contributed by atoms with Gasteiger partial charge in [0.15, 0.2) is 6.29 Å². The molecule has 0 saturated heterocycles. The van der Waals surface area contributed by atoms with Crippen molar-refractivity contribution in [2.24, 2.45) is 0 Å². The Bertz CT molecular complexity index is 512. The fourth-order valence-electron chi connectivity index (χ4n) is 2.35. The predicted octanol–water partition coefficient (Wildman–Crippen LogP) is 3.74. The van der Waals surface area contributed by atoms with E-state index in [9.17, 15) is 0 Å². The number of hydrogen-bond donors (Lipinski definition) is 0. The first-order valence-electron chi connectivity index (χ1n) is 7.03. The Hall–Kier alpha value is -1.32. The van der Waals surface area contributed by atoms with Crippen LogP contribution in [0.5, 0.6) is 0 Å². The molecule has 0 fully saturated rings. The Morgan fingerprint density at radius 1 is 1.11 bits per heavy atom. The van der Waals surface area contributed by atoms with Crippen LogP contribution in [-0.2, 0) is 16.0 Å². The lowest BCUT2D eigenvalue weighted by atomic mass is 10.2. The predicted molar refractivity (Wildman–Crippen MR) is 78.3 cm³/mol. The zero-order chi connectivity index (χ0) is 13.7. The molecule has 0 atom stereocenters. The van der Waals surface area contributed by atoms with Crippen molar-refractivity contribution in [2.45, 2.75) is 40.0 Å². The van der Waals surface area contributed by atoms with Gasteiger partial charge in [-0.2, -0.15) is 0 Å². The number of ether oxygens (including phenoxy) is 2.